The van der Waals surface area contributed by atoms with Gasteiger partial charge in [0.1, 0.15) is 12.4 Å². The smallest absolute Gasteiger partial charge is 0.255 e. The highest BCUT2D eigenvalue weighted by molar-refractivity contribution is 7.89. The van der Waals surface area contributed by atoms with Gasteiger partial charge in [0.25, 0.3) is 5.91 Å². The van der Waals surface area contributed by atoms with Crippen LogP contribution in [0.5, 0.6) is 5.75 Å². The number of nitrogens with zero attached hydrogens (tertiary/aromatic N) is 2. The van der Waals surface area contributed by atoms with Crippen molar-refractivity contribution in [2.75, 3.05) is 33.3 Å². The summed E-state index contributed by atoms with van der Waals surface area (Å²) in [5.74, 6) is 0.441. The molecule has 162 valence electrons. The maximum absolute atomic E-state index is 13.1. The molecule has 1 amide bonds. The van der Waals surface area contributed by atoms with E-state index in [1.165, 1.54) is 15.3 Å². The second kappa shape index (κ2) is 9.62. The van der Waals surface area contributed by atoms with Gasteiger partial charge in [-0.25, -0.2) is 8.42 Å². The quantitative estimate of drug-likeness (QED) is 0.673. The number of amides is 1. The van der Waals surface area contributed by atoms with Gasteiger partial charge in [0, 0.05) is 20.1 Å². The number of likely N-dealkylation sites (N-methyl/N-ethyl adjacent to an activating group) is 1. The summed E-state index contributed by atoms with van der Waals surface area (Å²) < 4.78 is 33.5. The van der Waals surface area contributed by atoms with E-state index in [4.69, 9.17) is 4.74 Å². The fourth-order valence-corrected chi connectivity index (χ4v) is 5.44. The number of aryl methyl sites for hydroxylation is 2. The maximum Gasteiger partial charge on any atom is 0.255 e. The molecule has 0 radical (unpaired) electrons. The van der Waals surface area contributed by atoms with E-state index in [0.717, 1.165) is 36.1 Å². The fourth-order valence-electron chi connectivity index (χ4n) is 3.74. The number of piperidine rings is 1. The highest BCUT2D eigenvalue weighted by Gasteiger charge is 2.30. The van der Waals surface area contributed by atoms with Crippen molar-refractivity contribution in [2.45, 2.75) is 38.0 Å². The number of carbonyl (C=O) groups is 1. The Bertz CT molecular complexity index is 978. The van der Waals surface area contributed by atoms with Gasteiger partial charge < -0.3 is 9.64 Å². The lowest BCUT2D eigenvalue weighted by molar-refractivity contribution is 0.0769. The van der Waals surface area contributed by atoms with Gasteiger partial charge in [-0.3, -0.25) is 4.79 Å². The highest BCUT2D eigenvalue weighted by atomic mass is 32.2. The van der Waals surface area contributed by atoms with E-state index >= 15 is 0 Å². The number of sulfonamides is 1. The molecule has 0 unspecified atom stereocenters. The minimum Gasteiger partial charge on any atom is -0.492 e. The van der Waals surface area contributed by atoms with Gasteiger partial charge in [0.05, 0.1) is 17.0 Å². The first-order valence-electron chi connectivity index (χ1n) is 10.3. The third kappa shape index (κ3) is 5.21. The number of carbonyl (C=O) groups excluding carboxylic acids is 1. The number of hydrogen-bond donors (Lipinski definition) is 0. The lowest BCUT2D eigenvalue weighted by atomic mass is 10.1. The molecular weight excluding hydrogens is 400 g/mol. The Balaban J connectivity index is 1.70. The lowest BCUT2D eigenvalue weighted by Gasteiger charge is -2.27. The molecule has 6 nitrogen and oxygen atoms in total. The lowest BCUT2D eigenvalue weighted by Crippen LogP contribution is -2.37. The molecule has 0 aliphatic carbocycles. The van der Waals surface area contributed by atoms with E-state index in [2.05, 4.69) is 6.07 Å². The van der Waals surface area contributed by atoms with Gasteiger partial charge in [0.2, 0.25) is 10.0 Å². The van der Waals surface area contributed by atoms with E-state index in [-0.39, 0.29) is 16.4 Å². The zero-order chi connectivity index (χ0) is 21.7. The molecule has 2 aromatic carbocycles. The van der Waals surface area contributed by atoms with Crippen molar-refractivity contribution >= 4 is 15.9 Å². The van der Waals surface area contributed by atoms with Crippen molar-refractivity contribution in [3.05, 3.63) is 59.2 Å². The molecule has 0 saturated carbocycles. The number of ether oxygens (including phenoxy) is 1. The standard InChI is InChI=1S/C23H30N2O4S/c1-18-15-19(2)17-20(16-18)29-14-13-24(3)23(26)21-9-5-6-10-22(21)30(27,28)25-11-7-4-8-12-25/h5-6,9-10,15-17H,4,7-8,11-14H2,1-3H3. The van der Waals surface area contributed by atoms with Crippen LogP contribution in [0.1, 0.15) is 40.7 Å². The van der Waals surface area contributed by atoms with Gasteiger partial charge in [0.15, 0.2) is 0 Å². The van der Waals surface area contributed by atoms with Crippen LogP contribution < -0.4 is 4.74 Å². The monoisotopic (exact) mass is 430 g/mol. The molecule has 0 atom stereocenters. The molecule has 0 spiro atoms. The average Bonchev–Trinajstić information content (AvgIpc) is 2.73. The van der Waals surface area contributed by atoms with E-state index in [1.54, 1.807) is 25.2 Å². The van der Waals surface area contributed by atoms with Crippen molar-refractivity contribution in [1.29, 1.82) is 0 Å². The number of hydrogen-bond acceptors (Lipinski definition) is 4. The van der Waals surface area contributed by atoms with Crippen LogP contribution in [0, 0.1) is 13.8 Å². The first-order valence-corrected chi connectivity index (χ1v) is 11.8. The van der Waals surface area contributed by atoms with Crippen LogP contribution in [0.3, 0.4) is 0 Å². The molecule has 1 heterocycles. The minimum absolute atomic E-state index is 0.0824. The Hall–Kier alpha value is -2.38. The fraction of sp³-hybridized carbons (Fsp3) is 0.435. The Morgan fingerprint density at radius 2 is 1.67 bits per heavy atom. The topological polar surface area (TPSA) is 66.9 Å². The molecule has 1 fully saturated rings. The normalized spacial score (nSPS) is 15.0. The Labute approximate surface area is 179 Å². The molecule has 7 heteroatoms. The van der Waals surface area contributed by atoms with Crippen molar-refractivity contribution in [3.63, 3.8) is 0 Å². The molecule has 0 N–H and O–H groups in total. The summed E-state index contributed by atoms with van der Waals surface area (Å²) in [6.07, 6.45) is 2.74. The van der Waals surface area contributed by atoms with Gasteiger partial charge in [-0.15, -0.1) is 0 Å². The second-order valence-electron chi connectivity index (χ2n) is 7.86. The van der Waals surface area contributed by atoms with Crippen LogP contribution in [0.15, 0.2) is 47.4 Å². The van der Waals surface area contributed by atoms with E-state index in [1.807, 2.05) is 26.0 Å². The summed E-state index contributed by atoms with van der Waals surface area (Å²) in [4.78, 5) is 14.6. The largest absolute Gasteiger partial charge is 0.492 e. The van der Waals surface area contributed by atoms with Crippen LogP contribution in [0.2, 0.25) is 0 Å². The zero-order valence-corrected chi connectivity index (χ0v) is 18.7. The predicted molar refractivity (Wildman–Crippen MR) is 117 cm³/mol. The van der Waals surface area contributed by atoms with Gasteiger partial charge >= 0.3 is 0 Å². The number of benzene rings is 2. The second-order valence-corrected chi connectivity index (χ2v) is 9.77. The van der Waals surface area contributed by atoms with Gasteiger partial charge in [-0.2, -0.15) is 4.31 Å². The predicted octanol–water partition coefficient (Wildman–Crippen LogP) is 3.63. The molecule has 2 aromatic rings. The molecule has 1 aliphatic rings. The minimum atomic E-state index is -3.69. The van der Waals surface area contributed by atoms with E-state index < -0.39 is 10.0 Å². The van der Waals surface area contributed by atoms with Crippen LogP contribution in [0.4, 0.5) is 0 Å². The van der Waals surface area contributed by atoms with Crippen LogP contribution in [0.25, 0.3) is 0 Å². The van der Waals surface area contributed by atoms with Crippen LogP contribution in [-0.2, 0) is 10.0 Å². The molecule has 0 aromatic heterocycles. The first kappa shape index (κ1) is 22.3. The average molecular weight is 431 g/mol. The summed E-state index contributed by atoms with van der Waals surface area (Å²) in [6.45, 7) is 5.70. The molecule has 30 heavy (non-hydrogen) atoms. The van der Waals surface area contributed by atoms with Crippen molar-refractivity contribution in [1.82, 2.24) is 9.21 Å². The first-order chi connectivity index (χ1) is 14.3. The summed E-state index contributed by atoms with van der Waals surface area (Å²) in [5, 5.41) is 0. The summed E-state index contributed by atoms with van der Waals surface area (Å²) in [7, 11) is -2.03. The summed E-state index contributed by atoms with van der Waals surface area (Å²) in [6, 6.07) is 12.4. The summed E-state index contributed by atoms with van der Waals surface area (Å²) in [5.41, 5.74) is 2.44. The van der Waals surface area contributed by atoms with E-state index in [9.17, 15) is 13.2 Å². The molecular formula is C23H30N2O4S. The van der Waals surface area contributed by atoms with Crippen molar-refractivity contribution in [2.24, 2.45) is 0 Å². The summed E-state index contributed by atoms with van der Waals surface area (Å²) >= 11 is 0. The van der Waals surface area contributed by atoms with Gasteiger partial charge in [-0.1, -0.05) is 24.6 Å². The molecule has 1 aliphatic heterocycles. The third-order valence-electron chi connectivity index (χ3n) is 5.29. The maximum atomic E-state index is 13.1. The van der Waals surface area contributed by atoms with Crippen molar-refractivity contribution < 1.29 is 17.9 Å². The molecule has 0 bridgehead atoms. The van der Waals surface area contributed by atoms with E-state index in [0.29, 0.717) is 26.2 Å². The van der Waals surface area contributed by atoms with Crippen LogP contribution >= 0.6 is 0 Å². The van der Waals surface area contributed by atoms with Gasteiger partial charge in [-0.05, 0) is 62.1 Å². The Morgan fingerprint density at radius 3 is 2.33 bits per heavy atom. The Morgan fingerprint density at radius 1 is 1.03 bits per heavy atom. The Kier molecular flexibility index (Phi) is 7.15. The molecule has 3 rings (SSSR count). The van der Waals surface area contributed by atoms with Crippen molar-refractivity contribution in [3.8, 4) is 5.75 Å². The third-order valence-corrected chi connectivity index (χ3v) is 7.24. The zero-order valence-electron chi connectivity index (χ0n) is 17.9. The van der Waals surface area contributed by atoms with Crippen LogP contribution in [-0.4, -0.2) is 56.8 Å². The highest BCUT2D eigenvalue weighted by Crippen LogP contribution is 2.24. The number of rotatable bonds is 7. The molecule has 1 saturated heterocycles. The SMILES string of the molecule is Cc1cc(C)cc(OCCN(C)C(=O)c2ccccc2S(=O)(=O)N2CCCCC2)c1.